The highest BCUT2D eigenvalue weighted by Gasteiger charge is 2.20. The maximum atomic E-state index is 13.2. The molecule has 2 aromatic heterocycles. The monoisotopic (exact) mass is 575 g/mol. The first kappa shape index (κ1) is 22.6. The van der Waals surface area contributed by atoms with Gasteiger partial charge in [-0.15, -0.1) is 0 Å². The highest BCUT2D eigenvalue weighted by atomic mass is 127. The molecule has 0 fully saturated rings. The predicted molar refractivity (Wildman–Crippen MR) is 142 cm³/mol. The Morgan fingerprint density at radius 3 is 2.54 bits per heavy atom. The molecule has 172 valence electrons. The number of para-hydroxylation sites is 2. The highest BCUT2D eigenvalue weighted by Crippen LogP contribution is 2.34. The summed E-state index contributed by atoms with van der Waals surface area (Å²) in [5.74, 6) is -0.638. The van der Waals surface area contributed by atoms with E-state index in [2.05, 4.69) is 38.1 Å². The molecule has 0 bridgehead atoms. The van der Waals surface area contributed by atoms with Crippen molar-refractivity contribution in [3.63, 3.8) is 0 Å². The number of hydrogen-bond donors (Lipinski definition) is 2. The fraction of sp³-hybridized carbons (Fsp3) is 0. The predicted octanol–water partition coefficient (Wildman–Crippen LogP) is 6.02. The Morgan fingerprint density at radius 1 is 0.943 bits per heavy atom. The molecule has 1 amide bonds. The fourth-order valence-electron chi connectivity index (χ4n) is 3.70. The molecule has 0 aliphatic carbocycles. The lowest BCUT2D eigenvalue weighted by molar-refractivity contribution is 0.0701. The van der Waals surface area contributed by atoms with Crippen LogP contribution in [-0.4, -0.2) is 23.1 Å². The third kappa shape index (κ3) is 4.73. The van der Waals surface area contributed by atoms with Crippen molar-refractivity contribution in [3.8, 4) is 16.9 Å². The summed E-state index contributed by atoms with van der Waals surface area (Å²) in [5.41, 5.74) is 6.12. The van der Waals surface area contributed by atoms with Gasteiger partial charge in [0.25, 0.3) is 5.91 Å². The number of fused-ring (bicyclic) bond motifs is 1. The molecule has 0 saturated heterocycles. The van der Waals surface area contributed by atoms with Gasteiger partial charge in [0.2, 0.25) is 5.76 Å². The number of halogens is 1. The van der Waals surface area contributed by atoms with E-state index in [0.717, 1.165) is 25.6 Å². The molecule has 5 rings (SSSR count). The van der Waals surface area contributed by atoms with E-state index in [1.54, 1.807) is 30.3 Å². The van der Waals surface area contributed by atoms with Gasteiger partial charge in [0.1, 0.15) is 11.4 Å². The number of H-pyrrole nitrogens is 1. The molecule has 2 N–H and O–H groups in total. The van der Waals surface area contributed by atoms with Crippen molar-refractivity contribution in [1.29, 1.82) is 0 Å². The summed E-state index contributed by atoms with van der Waals surface area (Å²) in [6, 6.07) is 25.7. The molecule has 0 spiro atoms. The highest BCUT2D eigenvalue weighted by molar-refractivity contribution is 14.1. The van der Waals surface area contributed by atoms with Gasteiger partial charge in [-0.25, -0.2) is 10.2 Å². The summed E-state index contributed by atoms with van der Waals surface area (Å²) in [6.07, 6.45) is 2.82. The van der Waals surface area contributed by atoms with Crippen LogP contribution in [0, 0.1) is 3.57 Å². The molecular formula is C27H18IN3O4. The van der Waals surface area contributed by atoms with Crippen LogP contribution in [0.4, 0.5) is 0 Å². The second kappa shape index (κ2) is 9.98. The van der Waals surface area contributed by atoms with Gasteiger partial charge in [-0.1, -0.05) is 54.6 Å². The van der Waals surface area contributed by atoms with E-state index in [0.29, 0.717) is 11.3 Å². The van der Waals surface area contributed by atoms with E-state index in [1.165, 1.54) is 18.5 Å². The number of amides is 1. The number of carbonyl (C=O) groups excluding carboxylic acids is 2. The molecule has 3 aromatic carbocycles. The largest absolute Gasteiger partial charge is 0.457 e. The summed E-state index contributed by atoms with van der Waals surface area (Å²) in [5, 5.41) is 5.07. The third-order valence-corrected chi connectivity index (χ3v) is 6.19. The minimum Gasteiger partial charge on any atom is -0.457 e. The third-order valence-electron chi connectivity index (χ3n) is 5.29. The van der Waals surface area contributed by atoms with E-state index in [-0.39, 0.29) is 11.5 Å². The van der Waals surface area contributed by atoms with E-state index in [9.17, 15) is 9.59 Å². The maximum absolute atomic E-state index is 13.2. The Balaban J connectivity index is 1.41. The number of furan rings is 1. The molecule has 7 nitrogen and oxygen atoms in total. The van der Waals surface area contributed by atoms with Crippen LogP contribution in [0.1, 0.15) is 26.6 Å². The van der Waals surface area contributed by atoms with Gasteiger partial charge in [0.05, 0.1) is 18.0 Å². The van der Waals surface area contributed by atoms with Crippen molar-refractivity contribution < 1.29 is 18.7 Å². The van der Waals surface area contributed by atoms with E-state index in [4.69, 9.17) is 9.15 Å². The van der Waals surface area contributed by atoms with Crippen LogP contribution >= 0.6 is 22.6 Å². The number of ether oxygens (including phenoxy) is 1. The standard InChI is InChI=1S/C27H18IN3O4/c28-20-12-6-11-19-23(17-8-2-1-3-9-17)25(30-24(19)20)26(32)31-29-16-18-10-4-5-13-21(18)35-27(33)22-14-7-15-34-22/h1-16,30H,(H,31,32). The second-order valence-electron chi connectivity index (χ2n) is 7.51. The van der Waals surface area contributed by atoms with Crippen molar-refractivity contribution >= 4 is 51.6 Å². The van der Waals surface area contributed by atoms with Crippen LogP contribution in [0.3, 0.4) is 0 Å². The Hall–Kier alpha value is -4.18. The Kier molecular flexibility index (Phi) is 6.44. The smallest absolute Gasteiger partial charge is 0.379 e. The van der Waals surface area contributed by atoms with Crippen LogP contribution in [0.5, 0.6) is 5.75 Å². The zero-order valence-electron chi connectivity index (χ0n) is 18.2. The van der Waals surface area contributed by atoms with Crippen LogP contribution in [0.25, 0.3) is 22.0 Å². The first-order valence-corrected chi connectivity index (χ1v) is 11.7. The van der Waals surface area contributed by atoms with E-state index < -0.39 is 11.9 Å². The zero-order chi connectivity index (χ0) is 24.2. The molecule has 35 heavy (non-hydrogen) atoms. The summed E-state index contributed by atoms with van der Waals surface area (Å²) in [4.78, 5) is 28.7. The topological polar surface area (TPSA) is 96.7 Å². The average molecular weight is 575 g/mol. The van der Waals surface area contributed by atoms with Crippen molar-refractivity contribution in [2.45, 2.75) is 0 Å². The number of nitrogens with one attached hydrogen (secondary N) is 2. The van der Waals surface area contributed by atoms with Crippen molar-refractivity contribution in [2.75, 3.05) is 0 Å². The fourth-order valence-corrected chi connectivity index (χ4v) is 4.33. The molecule has 0 aliphatic heterocycles. The van der Waals surface area contributed by atoms with Crippen LogP contribution < -0.4 is 10.2 Å². The van der Waals surface area contributed by atoms with Gasteiger partial charge >= 0.3 is 5.97 Å². The van der Waals surface area contributed by atoms with Gasteiger partial charge < -0.3 is 14.1 Å². The number of nitrogens with zero attached hydrogens (tertiary/aromatic N) is 1. The van der Waals surface area contributed by atoms with Gasteiger partial charge in [0.15, 0.2) is 0 Å². The van der Waals surface area contributed by atoms with Gasteiger partial charge in [-0.2, -0.15) is 5.10 Å². The second-order valence-corrected chi connectivity index (χ2v) is 8.67. The molecule has 0 unspecified atom stereocenters. The summed E-state index contributed by atoms with van der Waals surface area (Å²) in [7, 11) is 0. The number of hydrazone groups is 1. The zero-order valence-corrected chi connectivity index (χ0v) is 20.4. The summed E-state index contributed by atoms with van der Waals surface area (Å²) in [6.45, 7) is 0. The first-order chi connectivity index (χ1) is 17.1. The molecule has 5 aromatic rings. The minimum absolute atomic E-state index is 0.0897. The van der Waals surface area contributed by atoms with Crippen molar-refractivity contribution in [1.82, 2.24) is 10.4 Å². The molecule has 2 heterocycles. The minimum atomic E-state index is -0.625. The van der Waals surface area contributed by atoms with Crippen molar-refractivity contribution in [3.05, 3.63) is 112 Å². The van der Waals surface area contributed by atoms with Crippen LogP contribution in [0.15, 0.2) is 101 Å². The SMILES string of the molecule is O=C(Oc1ccccc1C=NNC(=O)c1[nH]c2c(I)cccc2c1-c1ccccc1)c1ccco1. The lowest BCUT2D eigenvalue weighted by atomic mass is 10.0. The van der Waals surface area contributed by atoms with Crippen molar-refractivity contribution in [2.24, 2.45) is 5.10 Å². The summed E-state index contributed by atoms with van der Waals surface area (Å²) >= 11 is 2.24. The first-order valence-electron chi connectivity index (χ1n) is 10.7. The quantitative estimate of drug-likeness (QED) is 0.0852. The molecule has 0 saturated carbocycles. The van der Waals surface area contributed by atoms with E-state index >= 15 is 0 Å². The average Bonchev–Trinajstić information content (AvgIpc) is 3.55. The van der Waals surface area contributed by atoms with Crippen LogP contribution in [0.2, 0.25) is 0 Å². The van der Waals surface area contributed by atoms with Gasteiger partial charge in [-0.05, 0) is 58.5 Å². The molecule has 0 aliphatic rings. The maximum Gasteiger partial charge on any atom is 0.379 e. The molecule has 8 heteroatoms. The normalized spacial score (nSPS) is 11.1. The number of hydrogen-bond acceptors (Lipinski definition) is 5. The number of aromatic nitrogens is 1. The Morgan fingerprint density at radius 2 is 1.74 bits per heavy atom. The van der Waals surface area contributed by atoms with Gasteiger partial charge in [-0.3, -0.25) is 4.79 Å². The van der Waals surface area contributed by atoms with E-state index in [1.807, 2.05) is 48.5 Å². The lowest BCUT2D eigenvalue weighted by Gasteiger charge is -2.06. The summed E-state index contributed by atoms with van der Waals surface area (Å²) < 4.78 is 11.5. The Bertz CT molecular complexity index is 1540. The number of rotatable bonds is 6. The number of aromatic amines is 1. The Labute approximate surface area is 213 Å². The molecular weight excluding hydrogens is 557 g/mol. The molecule has 0 radical (unpaired) electrons. The van der Waals surface area contributed by atoms with Gasteiger partial charge in [0, 0.05) is 20.1 Å². The number of esters is 1. The number of carbonyl (C=O) groups is 2. The molecule has 0 atom stereocenters. The number of benzene rings is 3. The lowest BCUT2D eigenvalue weighted by Crippen LogP contribution is -2.19. The van der Waals surface area contributed by atoms with Crippen LogP contribution in [-0.2, 0) is 0 Å².